The van der Waals surface area contributed by atoms with Crippen molar-refractivity contribution in [1.29, 1.82) is 0 Å². The van der Waals surface area contributed by atoms with Crippen LogP contribution in [0.3, 0.4) is 0 Å². The Labute approximate surface area is 107 Å². The van der Waals surface area contributed by atoms with Crippen LogP contribution < -0.4 is 10.5 Å². The molecule has 1 rings (SSSR count). The third-order valence-electron chi connectivity index (χ3n) is 1.58. The van der Waals surface area contributed by atoms with E-state index < -0.39 is 31.7 Å². The zero-order chi connectivity index (χ0) is 13.4. The smallest absolute Gasteiger partial charge is 0.404 e. The van der Waals surface area contributed by atoms with Gasteiger partial charge in [0.15, 0.2) is 5.75 Å². The van der Waals surface area contributed by atoms with Gasteiger partial charge in [0.25, 0.3) is 9.05 Å². The van der Waals surface area contributed by atoms with Crippen molar-refractivity contribution in [1.82, 2.24) is 0 Å². The van der Waals surface area contributed by atoms with Crippen LogP contribution in [0.5, 0.6) is 5.75 Å². The Morgan fingerprint density at radius 2 is 1.88 bits per heavy atom. The average molecular weight is 355 g/mol. The fourth-order valence-corrected chi connectivity index (χ4v) is 3.44. The van der Waals surface area contributed by atoms with E-state index in [9.17, 15) is 21.6 Å². The number of alkyl halides is 3. The van der Waals surface area contributed by atoms with Gasteiger partial charge < -0.3 is 10.5 Å². The predicted molar refractivity (Wildman–Crippen MR) is 58.3 cm³/mol. The van der Waals surface area contributed by atoms with Crippen molar-refractivity contribution in [2.45, 2.75) is 11.3 Å². The van der Waals surface area contributed by atoms with Crippen molar-refractivity contribution >= 4 is 41.4 Å². The van der Waals surface area contributed by atoms with Gasteiger partial charge in [0.1, 0.15) is 4.90 Å². The zero-order valence-corrected chi connectivity index (χ0v) is 10.9. The van der Waals surface area contributed by atoms with Crippen LogP contribution in [0, 0.1) is 0 Å². The van der Waals surface area contributed by atoms with Crippen LogP contribution in [0.25, 0.3) is 0 Å². The van der Waals surface area contributed by atoms with Crippen LogP contribution >= 0.6 is 26.6 Å². The molecule has 0 aromatic heterocycles. The third kappa shape index (κ3) is 3.65. The summed E-state index contributed by atoms with van der Waals surface area (Å²) in [6, 6.07) is 1.91. The largest absolute Gasteiger partial charge is 0.573 e. The maximum absolute atomic E-state index is 12.0. The van der Waals surface area contributed by atoms with Gasteiger partial charge in [-0.15, -0.1) is 13.2 Å². The zero-order valence-electron chi connectivity index (χ0n) is 7.75. The second kappa shape index (κ2) is 4.54. The summed E-state index contributed by atoms with van der Waals surface area (Å²) in [4.78, 5) is -0.666. The van der Waals surface area contributed by atoms with E-state index in [2.05, 4.69) is 20.7 Å². The summed E-state index contributed by atoms with van der Waals surface area (Å²) in [5.41, 5.74) is 4.54. The number of nitrogens with two attached hydrogens (primary N) is 1. The molecule has 1 aromatic carbocycles. The number of hydrogen-bond donors (Lipinski definition) is 1. The third-order valence-corrected chi connectivity index (χ3v) is 3.89. The Morgan fingerprint density at radius 1 is 1.35 bits per heavy atom. The predicted octanol–water partition coefficient (Wildman–Crippen LogP) is 2.86. The molecule has 96 valence electrons. The molecule has 2 N–H and O–H groups in total. The van der Waals surface area contributed by atoms with E-state index in [1.165, 1.54) is 0 Å². The van der Waals surface area contributed by atoms with Gasteiger partial charge in [-0.2, -0.15) is 0 Å². The van der Waals surface area contributed by atoms with Gasteiger partial charge in [-0.05, 0) is 28.1 Å². The van der Waals surface area contributed by atoms with Gasteiger partial charge in [-0.3, -0.25) is 0 Å². The van der Waals surface area contributed by atoms with Crippen LogP contribution in [0.15, 0.2) is 21.5 Å². The molecule has 1 aromatic rings. The van der Waals surface area contributed by atoms with Crippen LogP contribution in [-0.2, 0) is 9.05 Å². The first-order valence-electron chi connectivity index (χ1n) is 3.81. The van der Waals surface area contributed by atoms with Crippen molar-refractivity contribution in [2.75, 3.05) is 5.73 Å². The van der Waals surface area contributed by atoms with Gasteiger partial charge in [0.05, 0.1) is 5.69 Å². The summed E-state index contributed by atoms with van der Waals surface area (Å²) in [5, 5.41) is 0. The molecule has 0 heterocycles. The molecule has 0 bridgehead atoms. The number of benzene rings is 1. The molecule has 0 aliphatic rings. The molecular formula is C7H4BrClF3NO3S. The first-order chi connectivity index (χ1) is 7.52. The van der Waals surface area contributed by atoms with E-state index in [-0.39, 0.29) is 4.47 Å². The van der Waals surface area contributed by atoms with Crippen molar-refractivity contribution in [3.8, 4) is 5.75 Å². The fraction of sp³-hybridized carbons (Fsp3) is 0.143. The molecule has 0 radical (unpaired) electrons. The van der Waals surface area contributed by atoms with E-state index >= 15 is 0 Å². The molecule has 10 heteroatoms. The van der Waals surface area contributed by atoms with E-state index in [4.69, 9.17) is 16.4 Å². The topological polar surface area (TPSA) is 69.4 Å². The lowest BCUT2D eigenvalue weighted by Gasteiger charge is -2.13. The fourth-order valence-electron chi connectivity index (χ4n) is 1.02. The molecular weight excluding hydrogens is 350 g/mol. The second-order valence-corrected chi connectivity index (χ2v) is 6.13. The molecule has 0 atom stereocenters. The Balaban J connectivity index is 3.40. The van der Waals surface area contributed by atoms with Gasteiger partial charge in [0.2, 0.25) is 0 Å². The molecule has 4 nitrogen and oxygen atoms in total. The minimum Gasteiger partial charge on any atom is -0.404 e. The summed E-state index contributed by atoms with van der Waals surface area (Å²) in [6.07, 6.45) is -4.98. The molecule has 0 amide bonds. The Kier molecular flexibility index (Phi) is 3.84. The molecule has 0 unspecified atom stereocenters. The Morgan fingerprint density at radius 3 is 2.29 bits per heavy atom. The summed E-state index contributed by atoms with van der Waals surface area (Å²) in [5.74, 6) is -0.833. The molecule has 0 fully saturated rings. The number of rotatable bonds is 2. The minimum absolute atomic E-state index is 0.0560. The minimum atomic E-state index is -4.98. The van der Waals surface area contributed by atoms with Crippen molar-refractivity contribution in [2.24, 2.45) is 0 Å². The SMILES string of the molecule is Nc1c(OC(F)(F)F)ccc(Br)c1S(=O)(=O)Cl. The summed E-state index contributed by atoms with van der Waals surface area (Å²) < 4.78 is 61.7. The first kappa shape index (κ1) is 14.4. The van der Waals surface area contributed by atoms with Gasteiger partial charge >= 0.3 is 6.36 Å². The van der Waals surface area contributed by atoms with Crippen LogP contribution in [-0.4, -0.2) is 14.8 Å². The number of ether oxygens (including phenoxy) is 1. The normalized spacial score (nSPS) is 12.5. The highest BCUT2D eigenvalue weighted by Crippen LogP contribution is 2.38. The Hall–Kier alpha value is -0.670. The average Bonchev–Trinajstić information content (AvgIpc) is 2.06. The molecule has 17 heavy (non-hydrogen) atoms. The van der Waals surface area contributed by atoms with Crippen molar-refractivity contribution in [3.63, 3.8) is 0 Å². The summed E-state index contributed by atoms with van der Waals surface area (Å²) >= 11 is 2.82. The van der Waals surface area contributed by atoms with Crippen LogP contribution in [0.2, 0.25) is 0 Å². The number of nitrogen functional groups attached to an aromatic ring is 1. The van der Waals surface area contributed by atoms with Gasteiger partial charge in [-0.1, -0.05) is 0 Å². The number of anilines is 1. The monoisotopic (exact) mass is 353 g/mol. The highest BCUT2D eigenvalue weighted by Gasteiger charge is 2.33. The standard InChI is InChI=1S/C7H4BrClF3NO3S/c8-3-1-2-4(16-7(10,11)12)5(13)6(3)17(9,14)15/h1-2H,13H2. The molecule has 0 aliphatic carbocycles. The maximum Gasteiger partial charge on any atom is 0.573 e. The van der Waals surface area contributed by atoms with E-state index in [0.29, 0.717) is 0 Å². The van der Waals surface area contributed by atoms with E-state index in [1.54, 1.807) is 0 Å². The molecule has 0 spiro atoms. The first-order valence-corrected chi connectivity index (χ1v) is 6.91. The van der Waals surface area contributed by atoms with E-state index in [1.807, 2.05) is 0 Å². The number of halogens is 5. The summed E-state index contributed by atoms with van der Waals surface area (Å²) in [6.45, 7) is 0. The lowest BCUT2D eigenvalue weighted by molar-refractivity contribution is -0.274. The van der Waals surface area contributed by atoms with E-state index in [0.717, 1.165) is 12.1 Å². The van der Waals surface area contributed by atoms with Crippen molar-refractivity contribution in [3.05, 3.63) is 16.6 Å². The quantitative estimate of drug-likeness (QED) is 0.655. The van der Waals surface area contributed by atoms with Crippen LogP contribution in [0.4, 0.5) is 18.9 Å². The molecule has 0 saturated heterocycles. The lowest BCUT2D eigenvalue weighted by Crippen LogP contribution is -2.18. The highest BCUT2D eigenvalue weighted by molar-refractivity contribution is 9.10. The highest BCUT2D eigenvalue weighted by atomic mass is 79.9. The second-order valence-electron chi connectivity index (χ2n) is 2.77. The number of hydrogen-bond acceptors (Lipinski definition) is 4. The lowest BCUT2D eigenvalue weighted by atomic mass is 10.3. The van der Waals surface area contributed by atoms with Crippen LogP contribution in [0.1, 0.15) is 0 Å². The maximum atomic E-state index is 12.0. The summed E-state index contributed by atoms with van der Waals surface area (Å²) in [7, 11) is 0.748. The Bertz CT molecular complexity index is 546. The molecule has 0 saturated carbocycles. The van der Waals surface area contributed by atoms with Crippen molar-refractivity contribution < 1.29 is 26.3 Å². The van der Waals surface area contributed by atoms with Gasteiger partial charge in [0, 0.05) is 15.2 Å². The molecule has 0 aliphatic heterocycles. The van der Waals surface area contributed by atoms with Gasteiger partial charge in [-0.25, -0.2) is 8.42 Å².